The standard InChI is InChI=1S/C24H19N5O2S/c1-31-20-11-6-5-10-17(20)19-14-22(27-26-19)25-24(30)18-15-29(16-8-3-2-4-9-16)28-23(18)21-12-7-13-32-21/h2-15H,1H3,(H2,25,26,27,30). The Hall–Kier alpha value is -4.17. The maximum atomic E-state index is 13.2. The van der Waals surface area contributed by atoms with Crippen molar-refractivity contribution < 1.29 is 9.53 Å². The van der Waals surface area contributed by atoms with E-state index in [0.717, 1.165) is 27.6 Å². The first-order valence-electron chi connectivity index (χ1n) is 9.92. The lowest BCUT2D eigenvalue weighted by Crippen LogP contribution is -2.12. The minimum absolute atomic E-state index is 0.284. The lowest BCUT2D eigenvalue weighted by molar-refractivity contribution is 0.102. The summed E-state index contributed by atoms with van der Waals surface area (Å²) in [7, 11) is 1.62. The second-order valence-electron chi connectivity index (χ2n) is 6.97. The van der Waals surface area contributed by atoms with Crippen LogP contribution in [0.3, 0.4) is 0 Å². The molecule has 0 unspecified atom stereocenters. The van der Waals surface area contributed by atoms with Crippen LogP contribution in [0.5, 0.6) is 5.75 Å². The number of anilines is 1. The van der Waals surface area contributed by atoms with Crippen LogP contribution in [0.15, 0.2) is 84.4 Å². The SMILES string of the molecule is COc1ccccc1-c1cc(NC(=O)c2cn(-c3ccccc3)nc2-c2cccs2)n[nH]1. The van der Waals surface area contributed by atoms with Gasteiger partial charge in [-0.15, -0.1) is 11.3 Å². The summed E-state index contributed by atoms with van der Waals surface area (Å²) in [5, 5.41) is 16.7. The average Bonchev–Trinajstić information content (AvgIpc) is 3.60. The molecule has 2 aromatic carbocycles. The predicted molar refractivity (Wildman–Crippen MR) is 125 cm³/mol. The molecule has 0 aliphatic heterocycles. The first kappa shape index (κ1) is 19.8. The number of hydrogen-bond acceptors (Lipinski definition) is 5. The molecule has 158 valence electrons. The Morgan fingerprint density at radius 3 is 2.66 bits per heavy atom. The molecule has 2 N–H and O–H groups in total. The Kier molecular flexibility index (Phi) is 5.27. The van der Waals surface area contributed by atoms with E-state index < -0.39 is 0 Å². The molecular formula is C24H19N5O2S. The van der Waals surface area contributed by atoms with Crippen LogP contribution in [0.4, 0.5) is 5.82 Å². The van der Waals surface area contributed by atoms with Crippen LogP contribution in [-0.2, 0) is 0 Å². The molecule has 0 fully saturated rings. The number of H-pyrrole nitrogens is 1. The molecule has 3 heterocycles. The molecule has 32 heavy (non-hydrogen) atoms. The van der Waals surface area contributed by atoms with Crippen molar-refractivity contribution in [2.45, 2.75) is 0 Å². The highest BCUT2D eigenvalue weighted by molar-refractivity contribution is 7.13. The summed E-state index contributed by atoms with van der Waals surface area (Å²) < 4.78 is 7.13. The van der Waals surface area contributed by atoms with Crippen LogP contribution in [0.25, 0.3) is 27.5 Å². The van der Waals surface area contributed by atoms with Crippen molar-refractivity contribution in [3.8, 4) is 33.3 Å². The summed E-state index contributed by atoms with van der Waals surface area (Å²) in [4.78, 5) is 14.1. The fraction of sp³-hybridized carbons (Fsp3) is 0.0417. The Morgan fingerprint density at radius 2 is 1.88 bits per heavy atom. The lowest BCUT2D eigenvalue weighted by Gasteiger charge is -2.05. The van der Waals surface area contributed by atoms with Crippen LogP contribution >= 0.6 is 11.3 Å². The Labute approximate surface area is 188 Å². The normalized spacial score (nSPS) is 10.8. The number of aromatic amines is 1. The van der Waals surface area contributed by atoms with Gasteiger partial charge in [0.2, 0.25) is 0 Å². The molecule has 0 atom stereocenters. The van der Waals surface area contributed by atoms with E-state index in [4.69, 9.17) is 4.74 Å². The van der Waals surface area contributed by atoms with Gasteiger partial charge < -0.3 is 10.1 Å². The van der Waals surface area contributed by atoms with Gasteiger partial charge in [-0.05, 0) is 35.7 Å². The van der Waals surface area contributed by atoms with Crippen molar-refractivity contribution in [3.05, 3.63) is 89.9 Å². The van der Waals surface area contributed by atoms with Gasteiger partial charge in [0.05, 0.1) is 28.9 Å². The fourth-order valence-electron chi connectivity index (χ4n) is 3.42. The van der Waals surface area contributed by atoms with Gasteiger partial charge in [0.1, 0.15) is 11.4 Å². The van der Waals surface area contributed by atoms with Gasteiger partial charge >= 0.3 is 0 Å². The Balaban J connectivity index is 1.46. The van der Waals surface area contributed by atoms with Gasteiger partial charge in [-0.3, -0.25) is 9.89 Å². The zero-order valence-corrected chi connectivity index (χ0v) is 18.0. The van der Waals surface area contributed by atoms with Crippen molar-refractivity contribution in [3.63, 3.8) is 0 Å². The topological polar surface area (TPSA) is 84.8 Å². The van der Waals surface area contributed by atoms with Crippen LogP contribution < -0.4 is 10.1 Å². The van der Waals surface area contributed by atoms with Crippen LogP contribution in [0.1, 0.15) is 10.4 Å². The molecule has 0 radical (unpaired) electrons. The number of ether oxygens (including phenoxy) is 1. The van der Waals surface area contributed by atoms with Gasteiger partial charge in [-0.25, -0.2) is 4.68 Å². The largest absolute Gasteiger partial charge is 0.496 e. The number of amides is 1. The maximum Gasteiger partial charge on any atom is 0.260 e. The summed E-state index contributed by atoms with van der Waals surface area (Å²) in [6.07, 6.45) is 1.74. The highest BCUT2D eigenvalue weighted by atomic mass is 32.1. The van der Waals surface area contributed by atoms with E-state index >= 15 is 0 Å². The van der Waals surface area contributed by atoms with E-state index in [1.54, 1.807) is 24.1 Å². The van der Waals surface area contributed by atoms with E-state index in [2.05, 4.69) is 20.6 Å². The Bertz CT molecular complexity index is 1360. The van der Waals surface area contributed by atoms with Gasteiger partial charge in [-0.2, -0.15) is 10.2 Å². The predicted octanol–water partition coefficient (Wildman–Crippen LogP) is 5.25. The number of hydrogen-bond donors (Lipinski definition) is 2. The first-order chi connectivity index (χ1) is 15.7. The molecule has 0 aliphatic carbocycles. The summed E-state index contributed by atoms with van der Waals surface area (Å²) in [5.74, 6) is 0.854. The fourth-order valence-corrected chi connectivity index (χ4v) is 4.15. The molecule has 1 amide bonds. The second kappa shape index (κ2) is 8.52. The van der Waals surface area contributed by atoms with Crippen molar-refractivity contribution in [1.82, 2.24) is 20.0 Å². The van der Waals surface area contributed by atoms with E-state index in [0.29, 0.717) is 17.1 Å². The second-order valence-corrected chi connectivity index (χ2v) is 7.92. The summed E-state index contributed by atoms with van der Waals surface area (Å²) in [5.41, 5.74) is 3.58. The number of carbonyl (C=O) groups excluding carboxylic acids is 1. The van der Waals surface area contributed by atoms with Crippen molar-refractivity contribution in [1.29, 1.82) is 0 Å². The number of carbonyl (C=O) groups is 1. The number of nitrogens with one attached hydrogen (secondary N) is 2. The highest BCUT2D eigenvalue weighted by Gasteiger charge is 2.20. The number of thiophene rings is 1. The molecule has 0 saturated carbocycles. The minimum atomic E-state index is -0.284. The number of para-hydroxylation sites is 2. The van der Waals surface area contributed by atoms with Crippen molar-refractivity contribution >= 4 is 23.1 Å². The van der Waals surface area contributed by atoms with E-state index in [-0.39, 0.29) is 5.91 Å². The van der Waals surface area contributed by atoms with Crippen molar-refractivity contribution in [2.75, 3.05) is 12.4 Å². The van der Waals surface area contributed by atoms with Gasteiger partial charge in [-0.1, -0.05) is 36.4 Å². The molecule has 0 saturated heterocycles. The van der Waals surface area contributed by atoms with Gasteiger partial charge in [0.25, 0.3) is 5.91 Å². The van der Waals surface area contributed by atoms with Crippen LogP contribution in [-0.4, -0.2) is 33.0 Å². The van der Waals surface area contributed by atoms with E-state index in [9.17, 15) is 4.79 Å². The minimum Gasteiger partial charge on any atom is -0.496 e. The van der Waals surface area contributed by atoms with Crippen LogP contribution in [0.2, 0.25) is 0 Å². The van der Waals surface area contributed by atoms with Crippen molar-refractivity contribution in [2.24, 2.45) is 0 Å². The van der Waals surface area contributed by atoms with Gasteiger partial charge in [0.15, 0.2) is 5.82 Å². The monoisotopic (exact) mass is 441 g/mol. The number of aromatic nitrogens is 4. The molecule has 5 aromatic rings. The van der Waals surface area contributed by atoms with Crippen LogP contribution in [0, 0.1) is 0 Å². The molecule has 5 rings (SSSR count). The number of rotatable bonds is 6. The molecule has 0 aliphatic rings. The van der Waals surface area contributed by atoms with Gasteiger partial charge in [0, 0.05) is 17.8 Å². The third-order valence-electron chi connectivity index (χ3n) is 4.95. The van der Waals surface area contributed by atoms with E-state index in [1.165, 1.54) is 11.3 Å². The number of nitrogens with zero attached hydrogens (tertiary/aromatic N) is 3. The summed E-state index contributed by atoms with van der Waals surface area (Å²) in [6, 6.07) is 23.0. The molecular weight excluding hydrogens is 422 g/mol. The quantitative estimate of drug-likeness (QED) is 0.377. The number of benzene rings is 2. The first-order valence-corrected chi connectivity index (χ1v) is 10.8. The third kappa shape index (κ3) is 3.79. The molecule has 3 aromatic heterocycles. The van der Waals surface area contributed by atoms with E-state index in [1.807, 2.05) is 72.1 Å². The molecule has 8 heteroatoms. The third-order valence-corrected chi connectivity index (χ3v) is 5.83. The summed E-state index contributed by atoms with van der Waals surface area (Å²) >= 11 is 1.54. The average molecular weight is 442 g/mol. The smallest absolute Gasteiger partial charge is 0.260 e. The zero-order valence-electron chi connectivity index (χ0n) is 17.1. The lowest BCUT2D eigenvalue weighted by atomic mass is 10.1. The molecule has 0 spiro atoms. The Morgan fingerprint density at radius 1 is 1.06 bits per heavy atom. The molecule has 7 nitrogen and oxygen atoms in total. The highest BCUT2D eigenvalue weighted by Crippen LogP contribution is 2.31. The zero-order chi connectivity index (χ0) is 21.9. The molecule has 0 bridgehead atoms. The maximum absolute atomic E-state index is 13.2. The summed E-state index contributed by atoms with van der Waals surface area (Å²) in [6.45, 7) is 0. The number of methoxy groups -OCH3 is 1.